The van der Waals surface area contributed by atoms with Crippen LogP contribution in [-0.4, -0.2) is 26.1 Å². The number of benzene rings is 2. The van der Waals surface area contributed by atoms with Crippen LogP contribution in [0.25, 0.3) is 0 Å². The Kier molecular flexibility index (Phi) is 5.33. The molecule has 3 rings (SSSR count). The first-order valence-electron chi connectivity index (χ1n) is 8.49. The van der Waals surface area contributed by atoms with E-state index in [0.29, 0.717) is 17.9 Å². The van der Waals surface area contributed by atoms with Crippen molar-refractivity contribution in [3.8, 4) is 11.5 Å². The zero-order valence-electron chi connectivity index (χ0n) is 15.0. The minimum absolute atomic E-state index is 0.0136. The van der Waals surface area contributed by atoms with E-state index in [1.54, 1.807) is 6.07 Å². The Labute approximate surface area is 157 Å². The van der Waals surface area contributed by atoms with Gasteiger partial charge in [0, 0.05) is 36.2 Å². The van der Waals surface area contributed by atoms with Gasteiger partial charge in [-0.15, -0.1) is 0 Å². The molecule has 0 bridgehead atoms. The van der Waals surface area contributed by atoms with E-state index in [-0.39, 0.29) is 23.2 Å². The van der Waals surface area contributed by atoms with Crippen LogP contribution in [0.1, 0.15) is 25.0 Å². The van der Waals surface area contributed by atoms with E-state index in [4.69, 9.17) is 9.47 Å². The molecule has 0 aliphatic carbocycles. The van der Waals surface area contributed by atoms with Crippen molar-refractivity contribution in [2.45, 2.75) is 37.8 Å². The van der Waals surface area contributed by atoms with Gasteiger partial charge >= 0.3 is 0 Å². The fourth-order valence-electron chi connectivity index (χ4n) is 2.91. The third-order valence-corrected chi connectivity index (χ3v) is 5.61. The van der Waals surface area contributed by atoms with Crippen molar-refractivity contribution in [1.82, 2.24) is 4.72 Å². The SMILES string of the molecule is CCOc1cc2c(cc1CNS(=O)(=O)c1ccc([N+](=O)[O-])cc1)O[C@H](C)C2. The summed E-state index contributed by atoms with van der Waals surface area (Å²) in [6.07, 6.45) is 0.853. The third-order valence-electron chi connectivity index (χ3n) is 4.19. The number of nitrogens with zero attached hydrogens (tertiary/aromatic N) is 1. The zero-order valence-corrected chi connectivity index (χ0v) is 15.8. The summed E-state index contributed by atoms with van der Waals surface area (Å²) in [5.74, 6) is 1.34. The molecule has 0 fully saturated rings. The van der Waals surface area contributed by atoms with Gasteiger partial charge in [-0.3, -0.25) is 10.1 Å². The number of fused-ring (bicyclic) bond motifs is 1. The molecule has 144 valence electrons. The number of sulfonamides is 1. The molecule has 1 N–H and O–H groups in total. The maximum atomic E-state index is 12.5. The number of hydrogen-bond donors (Lipinski definition) is 1. The summed E-state index contributed by atoms with van der Waals surface area (Å²) in [6.45, 7) is 4.30. The zero-order chi connectivity index (χ0) is 19.6. The normalized spacial score (nSPS) is 15.9. The minimum atomic E-state index is -3.83. The first-order valence-corrected chi connectivity index (χ1v) is 9.98. The average molecular weight is 392 g/mol. The van der Waals surface area contributed by atoms with Gasteiger partial charge in [0.25, 0.3) is 5.69 Å². The standard InChI is InChI=1S/C18H20N2O6S/c1-3-25-17-9-13-8-12(2)26-18(13)10-14(17)11-19-27(23,24)16-6-4-15(5-7-16)20(21)22/h4-7,9-10,12,19H,3,8,11H2,1-2H3/t12-/m1/s1. The van der Waals surface area contributed by atoms with Crippen LogP contribution in [0.2, 0.25) is 0 Å². The molecule has 2 aromatic rings. The molecular weight excluding hydrogens is 372 g/mol. The van der Waals surface area contributed by atoms with Gasteiger partial charge in [0.2, 0.25) is 10.0 Å². The van der Waals surface area contributed by atoms with Crippen molar-refractivity contribution in [1.29, 1.82) is 0 Å². The van der Waals surface area contributed by atoms with Gasteiger partial charge in [0.15, 0.2) is 0 Å². The summed E-state index contributed by atoms with van der Waals surface area (Å²) in [7, 11) is -3.83. The van der Waals surface area contributed by atoms with E-state index in [9.17, 15) is 18.5 Å². The van der Waals surface area contributed by atoms with Crippen LogP contribution in [0.5, 0.6) is 11.5 Å². The number of hydrogen-bond acceptors (Lipinski definition) is 6. The predicted molar refractivity (Wildman–Crippen MR) is 98.5 cm³/mol. The molecule has 0 unspecified atom stereocenters. The smallest absolute Gasteiger partial charge is 0.269 e. The fourth-order valence-corrected chi connectivity index (χ4v) is 3.92. The highest BCUT2D eigenvalue weighted by molar-refractivity contribution is 7.89. The molecule has 0 aromatic heterocycles. The quantitative estimate of drug-likeness (QED) is 0.573. The molecule has 27 heavy (non-hydrogen) atoms. The molecule has 1 atom stereocenters. The lowest BCUT2D eigenvalue weighted by atomic mass is 10.1. The van der Waals surface area contributed by atoms with Gasteiger partial charge in [-0.2, -0.15) is 0 Å². The lowest BCUT2D eigenvalue weighted by molar-refractivity contribution is -0.384. The Balaban J connectivity index is 1.81. The van der Waals surface area contributed by atoms with Gasteiger partial charge in [-0.05, 0) is 38.1 Å². The average Bonchev–Trinajstić information content (AvgIpc) is 2.99. The number of nitrogens with one attached hydrogen (secondary N) is 1. The largest absolute Gasteiger partial charge is 0.494 e. The molecule has 0 radical (unpaired) electrons. The van der Waals surface area contributed by atoms with Gasteiger partial charge in [0.05, 0.1) is 16.4 Å². The monoisotopic (exact) mass is 392 g/mol. The van der Waals surface area contributed by atoms with Crippen LogP contribution in [0.15, 0.2) is 41.3 Å². The van der Waals surface area contributed by atoms with Crippen molar-refractivity contribution in [3.63, 3.8) is 0 Å². The molecular formula is C18H20N2O6S. The summed E-state index contributed by atoms with van der Waals surface area (Å²) in [4.78, 5) is 10.1. The van der Waals surface area contributed by atoms with E-state index in [2.05, 4.69) is 4.72 Å². The summed E-state index contributed by atoms with van der Waals surface area (Å²) in [5, 5.41) is 10.7. The number of non-ortho nitro benzene ring substituents is 1. The summed E-state index contributed by atoms with van der Waals surface area (Å²) in [6, 6.07) is 8.41. The van der Waals surface area contributed by atoms with E-state index in [1.165, 1.54) is 12.1 Å². The second kappa shape index (κ2) is 7.53. The first kappa shape index (κ1) is 19.1. The summed E-state index contributed by atoms with van der Waals surface area (Å²) < 4.78 is 38.9. The van der Waals surface area contributed by atoms with Gasteiger partial charge in [-0.1, -0.05) is 0 Å². The highest BCUT2D eigenvalue weighted by Gasteiger charge is 2.23. The first-order chi connectivity index (χ1) is 12.8. The van der Waals surface area contributed by atoms with Crippen molar-refractivity contribution in [2.24, 2.45) is 0 Å². The summed E-state index contributed by atoms with van der Waals surface area (Å²) >= 11 is 0. The Bertz CT molecular complexity index is 957. The van der Waals surface area contributed by atoms with Crippen LogP contribution < -0.4 is 14.2 Å². The molecule has 2 aromatic carbocycles. The Morgan fingerprint density at radius 3 is 2.63 bits per heavy atom. The topological polar surface area (TPSA) is 108 Å². The number of nitro benzene ring substituents is 1. The minimum Gasteiger partial charge on any atom is -0.494 e. The van der Waals surface area contributed by atoms with Crippen LogP contribution in [-0.2, 0) is 23.0 Å². The van der Waals surface area contributed by atoms with Crippen LogP contribution >= 0.6 is 0 Å². The third kappa shape index (κ3) is 4.20. The fraction of sp³-hybridized carbons (Fsp3) is 0.333. The second-order valence-electron chi connectivity index (χ2n) is 6.21. The Morgan fingerprint density at radius 1 is 1.30 bits per heavy atom. The van der Waals surface area contributed by atoms with Crippen molar-refractivity contribution >= 4 is 15.7 Å². The molecule has 1 aliphatic rings. The van der Waals surface area contributed by atoms with Gasteiger partial charge < -0.3 is 9.47 Å². The van der Waals surface area contributed by atoms with Crippen LogP contribution in [0.4, 0.5) is 5.69 Å². The molecule has 8 nitrogen and oxygen atoms in total. The molecule has 0 saturated heterocycles. The number of ether oxygens (including phenoxy) is 2. The van der Waals surface area contributed by atoms with Crippen molar-refractivity contribution < 1.29 is 22.8 Å². The van der Waals surface area contributed by atoms with E-state index < -0.39 is 14.9 Å². The second-order valence-corrected chi connectivity index (χ2v) is 7.98. The van der Waals surface area contributed by atoms with Crippen molar-refractivity contribution in [2.75, 3.05) is 6.61 Å². The maximum absolute atomic E-state index is 12.5. The lowest BCUT2D eigenvalue weighted by Crippen LogP contribution is -2.23. The van der Waals surface area contributed by atoms with Crippen LogP contribution in [0.3, 0.4) is 0 Å². The molecule has 0 saturated carbocycles. The lowest BCUT2D eigenvalue weighted by Gasteiger charge is -2.13. The van der Waals surface area contributed by atoms with Gasteiger partial charge in [-0.25, -0.2) is 13.1 Å². The molecule has 1 heterocycles. The number of nitro groups is 1. The van der Waals surface area contributed by atoms with Crippen molar-refractivity contribution in [3.05, 3.63) is 57.6 Å². The Hall–Kier alpha value is -2.65. The van der Waals surface area contributed by atoms with E-state index in [0.717, 1.165) is 29.9 Å². The molecule has 9 heteroatoms. The molecule has 0 amide bonds. The van der Waals surface area contributed by atoms with Crippen LogP contribution in [0, 0.1) is 10.1 Å². The van der Waals surface area contributed by atoms with E-state index in [1.807, 2.05) is 19.9 Å². The summed E-state index contributed by atoms with van der Waals surface area (Å²) in [5.41, 5.74) is 1.53. The van der Waals surface area contributed by atoms with Gasteiger partial charge in [0.1, 0.15) is 17.6 Å². The molecule has 1 aliphatic heterocycles. The highest BCUT2D eigenvalue weighted by Crippen LogP contribution is 2.35. The highest BCUT2D eigenvalue weighted by atomic mass is 32.2. The number of rotatable bonds is 7. The Morgan fingerprint density at radius 2 is 2.00 bits per heavy atom. The predicted octanol–water partition coefficient (Wildman–Crippen LogP) is 2.80. The van der Waals surface area contributed by atoms with E-state index >= 15 is 0 Å². The maximum Gasteiger partial charge on any atom is 0.269 e. The molecule has 0 spiro atoms.